The number of carbonyl (C=O) groups excluding carboxylic acids is 1. The minimum Gasteiger partial charge on any atom is -0.462 e. The number of esters is 1. The van der Waals surface area contributed by atoms with Crippen molar-refractivity contribution in [1.82, 2.24) is 0 Å². The molecule has 0 aliphatic heterocycles. The van der Waals surface area contributed by atoms with Crippen LogP contribution in [0.1, 0.15) is 13.8 Å². The largest absolute Gasteiger partial charge is 0.462 e. The Morgan fingerprint density at radius 1 is 1.31 bits per heavy atom. The Kier molecular flexibility index (Phi) is 6.46. The summed E-state index contributed by atoms with van der Waals surface area (Å²) in [6.07, 6.45) is -3.70. The SMILES string of the molecule is CCOC(=O)[C@@](O)(OCC)[C@H](O)[C@H](O)CO. The van der Waals surface area contributed by atoms with Crippen molar-refractivity contribution in [2.45, 2.75) is 31.8 Å². The summed E-state index contributed by atoms with van der Waals surface area (Å²) in [5.41, 5.74) is 0. The zero-order chi connectivity index (χ0) is 12.8. The normalized spacial score (nSPS) is 18.6. The number of hydrogen-bond acceptors (Lipinski definition) is 7. The highest BCUT2D eigenvalue weighted by Crippen LogP contribution is 2.18. The second-order valence-corrected chi connectivity index (χ2v) is 3.04. The number of aliphatic hydroxyl groups excluding tert-OH is 3. The summed E-state index contributed by atoms with van der Waals surface area (Å²) in [4.78, 5) is 11.4. The number of aliphatic hydroxyl groups is 4. The Morgan fingerprint density at radius 2 is 1.88 bits per heavy atom. The smallest absolute Gasteiger partial charge is 0.369 e. The maximum absolute atomic E-state index is 11.4. The molecule has 0 saturated heterocycles. The maximum atomic E-state index is 11.4. The van der Waals surface area contributed by atoms with Gasteiger partial charge in [0.05, 0.1) is 13.2 Å². The quantitative estimate of drug-likeness (QED) is 0.299. The molecule has 0 amide bonds. The first-order valence-electron chi connectivity index (χ1n) is 4.94. The number of carbonyl (C=O) groups is 1. The molecule has 7 heteroatoms. The van der Waals surface area contributed by atoms with E-state index in [0.717, 1.165) is 0 Å². The average Bonchev–Trinajstić information content (AvgIpc) is 2.27. The average molecular weight is 238 g/mol. The Labute approximate surface area is 93.2 Å². The van der Waals surface area contributed by atoms with Crippen LogP contribution in [0, 0.1) is 0 Å². The van der Waals surface area contributed by atoms with Crippen molar-refractivity contribution in [2.24, 2.45) is 0 Å². The van der Waals surface area contributed by atoms with E-state index in [-0.39, 0.29) is 13.2 Å². The van der Waals surface area contributed by atoms with Crippen LogP contribution in [0.5, 0.6) is 0 Å². The summed E-state index contributed by atoms with van der Waals surface area (Å²) < 4.78 is 9.20. The summed E-state index contributed by atoms with van der Waals surface area (Å²) in [7, 11) is 0. The first kappa shape index (κ1) is 15.3. The fourth-order valence-corrected chi connectivity index (χ4v) is 1.08. The van der Waals surface area contributed by atoms with Gasteiger partial charge >= 0.3 is 5.97 Å². The van der Waals surface area contributed by atoms with Crippen LogP contribution < -0.4 is 0 Å². The summed E-state index contributed by atoms with van der Waals surface area (Å²) >= 11 is 0. The molecular formula is C9H18O7. The van der Waals surface area contributed by atoms with E-state index in [1.54, 1.807) is 0 Å². The van der Waals surface area contributed by atoms with Gasteiger partial charge in [0.15, 0.2) is 0 Å². The Hall–Kier alpha value is -0.730. The van der Waals surface area contributed by atoms with Crippen LogP contribution in [0.4, 0.5) is 0 Å². The fourth-order valence-electron chi connectivity index (χ4n) is 1.08. The van der Waals surface area contributed by atoms with E-state index >= 15 is 0 Å². The third-order valence-electron chi connectivity index (χ3n) is 1.88. The molecule has 16 heavy (non-hydrogen) atoms. The molecule has 96 valence electrons. The van der Waals surface area contributed by atoms with Crippen LogP contribution in [0.25, 0.3) is 0 Å². The Morgan fingerprint density at radius 3 is 2.25 bits per heavy atom. The van der Waals surface area contributed by atoms with Crippen LogP contribution in [0.3, 0.4) is 0 Å². The molecule has 0 unspecified atom stereocenters. The predicted octanol–water partition coefficient (Wildman–Crippen LogP) is -2.01. The molecule has 0 rings (SSSR count). The second-order valence-electron chi connectivity index (χ2n) is 3.04. The van der Waals surface area contributed by atoms with Crippen molar-refractivity contribution in [1.29, 1.82) is 0 Å². The van der Waals surface area contributed by atoms with Gasteiger partial charge in [-0.3, -0.25) is 0 Å². The van der Waals surface area contributed by atoms with Gasteiger partial charge in [-0.1, -0.05) is 0 Å². The van der Waals surface area contributed by atoms with Crippen LogP contribution in [-0.2, 0) is 14.3 Å². The molecule has 0 saturated carbocycles. The molecule has 3 atom stereocenters. The lowest BCUT2D eigenvalue weighted by Crippen LogP contribution is -2.58. The standard InChI is InChI=1S/C9H18O7/c1-3-15-8(13)9(14,16-4-2)7(12)6(11)5-10/h6-7,10-12,14H,3-5H2,1-2H3/t6-,7-,9+/m1/s1. The first-order chi connectivity index (χ1) is 7.43. The van der Waals surface area contributed by atoms with Crippen LogP contribution in [0.15, 0.2) is 0 Å². The van der Waals surface area contributed by atoms with E-state index in [4.69, 9.17) is 10.2 Å². The summed E-state index contributed by atoms with van der Waals surface area (Å²) in [6, 6.07) is 0. The summed E-state index contributed by atoms with van der Waals surface area (Å²) in [5, 5.41) is 37.0. The summed E-state index contributed by atoms with van der Waals surface area (Å²) in [5.74, 6) is -3.88. The predicted molar refractivity (Wildman–Crippen MR) is 52.3 cm³/mol. The molecule has 0 fully saturated rings. The van der Waals surface area contributed by atoms with Crippen molar-refractivity contribution in [3.63, 3.8) is 0 Å². The van der Waals surface area contributed by atoms with Crippen molar-refractivity contribution >= 4 is 5.97 Å². The molecule has 0 radical (unpaired) electrons. The van der Waals surface area contributed by atoms with E-state index in [9.17, 15) is 15.0 Å². The summed E-state index contributed by atoms with van der Waals surface area (Å²) in [6.45, 7) is 2.08. The van der Waals surface area contributed by atoms with Gasteiger partial charge in [0.1, 0.15) is 12.2 Å². The molecule has 0 aromatic rings. The zero-order valence-electron chi connectivity index (χ0n) is 9.29. The van der Waals surface area contributed by atoms with Gasteiger partial charge in [-0.25, -0.2) is 4.79 Å². The van der Waals surface area contributed by atoms with Crippen molar-refractivity contribution in [2.75, 3.05) is 19.8 Å². The van der Waals surface area contributed by atoms with E-state index in [2.05, 4.69) is 9.47 Å². The molecule has 0 bridgehead atoms. The van der Waals surface area contributed by atoms with Crippen molar-refractivity contribution < 1.29 is 34.7 Å². The second kappa shape index (κ2) is 6.77. The highest BCUT2D eigenvalue weighted by atomic mass is 16.7. The molecular weight excluding hydrogens is 220 g/mol. The van der Waals surface area contributed by atoms with E-state index in [1.807, 2.05) is 0 Å². The molecule has 0 aromatic heterocycles. The van der Waals surface area contributed by atoms with Crippen LogP contribution in [-0.4, -0.2) is 64.2 Å². The Balaban J connectivity index is 4.85. The minimum absolute atomic E-state index is 0.0177. The van der Waals surface area contributed by atoms with Gasteiger partial charge in [0.25, 0.3) is 5.79 Å². The molecule has 0 spiro atoms. The maximum Gasteiger partial charge on any atom is 0.369 e. The molecule has 0 aliphatic carbocycles. The number of hydrogen-bond donors (Lipinski definition) is 4. The first-order valence-corrected chi connectivity index (χ1v) is 4.94. The van der Waals surface area contributed by atoms with Crippen LogP contribution in [0.2, 0.25) is 0 Å². The van der Waals surface area contributed by atoms with Crippen molar-refractivity contribution in [3.8, 4) is 0 Å². The monoisotopic (exact) mass is 238 g/mol. The molecule has 0 heterocycles. The fraction of sp³-hybridized carbons (Fsp3) is 0.889. The zero-order valence-corrected chi connectivity index (χ0v) is 9.29. The lowest BCUT2D eigenvalue weighted by molar-refractivity contribution is -0.275. The molecule has 7 nitrogen and oxygen atoms in total. The highest BCUT2D eigenvalue weighted by Gasteiger charge is 2.49. The van der Waals surface area contributed by atoms with Gasteiger partial charge in [0, 0.05) is 6.61 Å². The van der Waals surface area contributed by atoms with Crippen LogP contribution >= 0.6 is 0 Å². The van der Waals surface area contributed by atoms with E-state index < -0.39 is 30.6 Å². The molecule has 4 N–H and O–H groups in total. The van der Waals surface area contributed by atoms with Gasteiger partial charge in [-0.15, -0.1) is 0 Å². The lowest BCUT2D eigenvalue weighted by Gasteiger charge is -2.31. The number of rotatable bonds is 7. The van der Waals surface area contributed by atoms with E-state index in [0.29, 0.717) is 0 Å². The molecule has 0 aliphatic rings. The van der Waals surface area contributed by atoms with Gasteiger partial charge in [-0.2, -0.15) is 0 Å². The van der Waals surface area contributed by atoms with E-state index in [1.165, 1.54) is 13.8 Å². The number of ether oxygens (including phenoxy) is 2. The third-order valence-corrected chi connectivity index (χ3v) is 1.88. The third kappa shape index (κ3) is 3.39. The van der Waals surface area contributed by atoms with Gasteiger partial charge < -0.3 is 29.9 Å². The van der Waals surface area contributed by atoms with Gasteiger partial charge in [0.2, 0.25) is 0 Å². The molecule has 0 aromatic carbocycles. The Bertz CT molecular complexity index is 220. The lowest BCUT2D eigenvalue weighted by atomic mass is 10.0. The topological polar surface area (TPSA) is 116 Å². The van der Waals surface area contributed by atoms with Crippen molar-refractivity contribution in [3.05, 3.63) is 0 Å². The van der Waals surface area contributed by atoms with Gasteiger partial charge in [-0.05, 0) is 13.8 Å². The minimum atomic E-state index is -2.67. The highest BCUT2D eigenvalue weighted by molar-refractivity contribution is 5.78.